The monoisotopic (exact) mass is 510 g/mol. The first-order chi connectivity index (χ1) is 18.6. The molecule has 4 bridgehead atoms. The number of fused-ring (bicyclic) bond motifs is 2. The van der Waals surface area contributed by atoms with Crippen LogP contribution in [0.5, 0.6) is 5.75 Å². The lowest BCUT2D eigenvalue weighted by molar-refractivity contribution is -0.0472. The Labute approximate surface area is 229 Å². The van der Waals surface area contributed by atoms with Gasteiger partial charge in [-0.1, -0.05) is 49.1 Å². The molecule has 2 saturated heterocycles. The first-order valence-corrected chi connectivity index (χ1v) is 15.9. The van der Waals surface area contributed by atoms with Crippen LogP contribution in [0.15, 0.2) is 36.4 Å². The second-order valence-electron chi connectivity index (χ2n) is 14.0. The standard InChI is InChI=1S/C35H46N2O/c1-23-9-10-25-20-33-29-7-3-4-13-34(29,30(25)18-23)15-17-37(33)22-26-6-5-8-28-32-19-24-11-12-27(38-2)21-31(24)35(26,28)14-16-36-32/h9-12,18,21,26,28-29,32-33,36H,3-8,13-17,19-20,22H2,1-2H3. The second-order valence-corrected chi connectivity index (χ2v) is 14.0. The third-order valence-electron chi connectivity index (χ3n) is 12.7. The normalized spacial score (nSPS) is 39.4. The van der Waals surface area contributed by atoms with Crippen LogP contribution in [-0.4, -0.2) is 43.7 Å². The summed E-state index contributed by atoms with van der Waals surface area (Å²) < 4.78 is 5.81. The van der Waals surface area contributed by atoms with Crippen LogP contribution < -0.4 is 10.1 Å². The summed E-state index contributed by atoms with van der Waals surface area (Å²) >= 11 is 0. The average Bonchev–Trinajstić information content (AvgIpc) is 2.94. The fourth-order valence-corrected chi connectivity index (χ4v) is 11.2. The fraction of sp³-hybridized carbons (Fsp3) is 0.657. The van der Waals surface area contributed by atoms with E-state index in [4.69, 9.17) is 4.74 Å². The van der Waals surface area contributed by atoms with E-state index in [0.29, 0.717) is 16.9 Å². The van der Waals surface area contributed by atoms with Crippen molar-refractivity contribution in [3.8, 4) is 5.75 Å². The maximum absolute atomic E-state index is 5.81. The van der Waals surface area contributed by atoms with E-state index in [-0.39, 0.29) is 0 Å². The number of likely N-dealkylation sites (tertiary alicyclic amines) is 1. The first kappa shape index (κ1) is 24.0. The Hall–Kier alpha value is -1.84. The summed E-state index contributed by atoms with van der Waals surface area (Å²) in [6, 6.07) is 15.9. The van der Waals surface area contributed by atoms with Crippen molar-refractivity contribution in [2.24, 2.45) is 17.8 Å². The van der Waals surface area contributed by atoms with Gasteiger partial charge < -0.3 is 10.1 Å². The predicted molar refractivity (Wildman–Crippen MR) is 154 cm³/mol. The van der Waals surface area contributed by atoms with Gasteiger partial charge in [-0.05, 0) is 124 Å². The minimum Gasteiger partial charge on any atom is -0.497 e. The van der Waals surface area contributed by atoms with Gasteiger partial charge in [-0.15, -0.1) is 0 Å². The number of hydrogen-bond donors (Lipinski definition) is 1. The number of nitrogens with zero attached hydrogens (tertiary/aromatic N) is 1. The Bertz CT molecular complexity index is 1240. The van der Waals surface area contributed by atoms with E-state index in [2.05, 4.69) is 53.5 Å². The lowest BCUT2D eigenvalue weighted by Gasteiger charge is -2.62. The van der Waals surface area contributed by atoms with Gasteiger partial charge in [0.15, 0.2) is 0 Å². The molecule has 2 aromatic rings. The molecule has 0 radical (unpaired) electrons. The summed E-state index contributed by atoms with van der Waals surface area (Å²) in [4.78, 5) is 3.05. The van der Waals surface area contributed by atoms with Gasteiger partial charge in [0.1, 0.15) is 5.75 Å². The number of ether oxygens (including phenoxy) is 1. The van der Waals surface area contributed by atoms with Gasteiger partial charge in [0.2, 0.25) is 0 Å². The van der Waals surface area contributed by atoms with Crippen LogP contribution in [0.3, 0.4) is 0 Å². The Balaban J connectivity index is 1.18. The molecule has 0 aromatic heterocycles. The van der Waals surface area contributed by atoms with Gasteiger partial charge in [-0.25, -0.2) is 0 Å². The summed E-state index contributed by atoms with van der Waals surface area (Å²) in [7, 11) is 1.84. The molecule has 3 heteroatoms. The number of hydrogen-bond acceptors (Lipinski definition) is 3. The predicted octanol–water partition coefficient (Wildman–Crippen LogP) is 6.33. The molecule has 38 heavy (non-hydrogen) atoms. The maximum atomic E-state index is 5.81. The van der Waals surface area contributed by atoms with Crippen molar-refractivity contribution < 1.29 is 4.74 Å². The lowest BCUT2D eigenvalue weighted by atomic mass is 9.48. The SMILES string of the molecule is COc1ccc2c(c1)C13CCNC(C2)C1CCCC3CN1CCC23CCCCC2C1Cc1ccc(C)cc13. The van der Waals surface area contributed by atoms with E-state index in [1.807, 2.05) is 7.11 Å². The molecule has 1 N–H and O–H groups in total. The molecule has 202 valence electrons. The third kappa shape index (κ3) is 3.27. The van der Waals surface area contributed by atoms with Crippen LogP contribution >= 0.6 is 0 Å². The zero-order valence-corrected chi connectivity index (χ0v) is 23.6. The summed E-state index contributed by atoms with van der Waals surface area (Å²) in [5.74, 6) is 3.45. The molecule has 7 unspecified atom stereocenters. The number of aryl methyl sites for hydroxylation is 1. The van der Waals surface area contributed by atoms with Crippen LogP contribution in [0.2, 0.25) is 0 Å². The van der Waals surface area contributed by atoms with Crippen LogP contribution in [0, 0.1) is 24.7 Å². The number of nitrogens with one attached hydrogen (secondary N) is 1. The Morgan fingerprint density at radius 3 is 2.68 bits per heavy atom. The summed E-state index contributed by atoms with van der Waals surface area (Å²) in [5.41, 5.74) is 8.93. The Morgan fingerprint density at radius 2 is 1.76 bits per heavy atom. The quantitative estimate of drug-likeness (QED) is 0.522. The van der Waals surface area contributed by atoms with Crippen LogP contribution in [0.4, 0.5) is 0 Å². The highest BCUT2D eigenvalue weighted by Crippen LogP contribution is 2.59. The zero-order chi connectivity index (χ0) is 25.5. The van der Waals surface area contributed by atoms with Crippen molar-refractivity contribution in [3.05, 3.63) is 64.2 Å². The van der Waals surface area contributed by atoms with E-state index in [9.17, 15) is 0 Å². The van der Waals surface area contributed by atoms with E-state index in [1.54, 1.807) is 22.3 Å². The van der Waals surface area contributed by atoms with Crippen LogP contribution in [0.1, 0.15) is 85.6 Å². The van der Waals surface area contributed by atoms with Crippen molar-refractivity contribution in [3.63, 3.8) is 0 Å². The second kappa shape index (κ2) is 8.83. The summed E-state index contributed by atoms with van der Waals surface area (Å²) in [6.45, 7) is 6.09. The molecule has 4 fully saturated rings. The molecular weight excluding hydrogens is 464 g/mol. The molecule has 0 spiro atoms. The molecule has 2 aromatic carbocycles. The molecule has 0 amide bonds. The molecule has 2 heterocycles. The number of rotatable bonds is 3. The van der Waals surface area contributed by atoms with Gasteiger partial charge in [-0.2, -0.15) is 0 Å². The van der Waals surface area contributed by atoms with Gasteiger partial charge in [-0.3, -0.25) is 4.90 Å². The van der Waals surface area contributed by atoms with E-state index < -0.39 is 0 Å². The zero-order valence-electron chi connectivity index (χ0n) is 23.6. The summed E-state index contributed by atoms with van der Waals surface area (Å²) in [6.07, 6.45) is 15.1. The highest BCUT2D eigenvalue weighted by Gasteiger charge is 2.58. The van der Waals surface area contributed by atoms with Crippen LogP contribution in [0.25, 0.3) is 0 Å². The number of benzene rings is 2. The van der Waals surface area contributed by atoms with Crippen LogP contribution in [-0.2, 0) is 23.7 Å². The van der Waals surface area contributed by atoms with Gasteiger partial charge in [0, 0.05) is 29.5 Å². The molecule has 8 rings (SSSR count). The van der Waals surface area contributed by atoms with Gasteiger partial charge in [0.05, 0.1) is 7.11 Å². The largest absolute Gasteiger partial charge is 0.497 e. The van der Waals surface area contributed by atoms with E-state index >= 15 is 0 Å². The van der Waals surface area contributed by atoms with Crippen molar-refractivity contribution >= 4 is 0 Å². The highest BCUT2D eigenvalue weighted by molar-refractivity contribution is 5.47. The van der Waals surface area contributed by atoms with Crippen molar-refractivity contribution in [1.82, 2.24) is 10.2 Å². The first-order valence-electron chi connectivity index (χ1n) is 15.9. The number of methoxy groups -OCH3 is 1. The highest BCUT2D eigenvalue weighted by atomic mass is 16.5. The third-order valence-corrected chi connectivity index (χ3v) is 12.7. The van der Waals surface area contributed by atoms with Crippen molar-refractivity contribution in [2.45, 2.75) is 100 Å². The molecular formula is C35H46N2O. The molecule has 7 atom stereocenters. The smallest absolute Gasteiger partial charge is 0.119 e. The van der Waals surface area contributed by atoms with Gasteiger partial charge in [0.25, 0.3) is 0 Å². The molecule has 2 aliphatic heterocycles. The molecule has 2 saturated carbocycles. The minimum absolute atomic E-state index is 0.321. The Kier molecular flexibility index (Phi) is 5.58. The number of piperidine rings is 2. The van der Waals surface area contributed by atoms with Gasteiger partial charge >= 0.3 is 0 Å². The van der Waals surface area contributed by atoms with E-state index in [1.165, 1.54) is 95.8 Å². The molecule has 6 aliphatic rings. The topological polar surface area (TPSA) is 24.5 Å². The van der Waals surface area contributed by atoms with Crippen molar-refractivity contribution in [2.75, 3.05) is 26.7 Å². The fourth-order valence-electron chi connectivity index (χ4n) is 11.2. The average molecular weight is 511 g/mol. The maximum Gasteiger partial charge on any atom is 0.119 e. The van der Waals surface area contributed by atoms with Crippen molar-refractivity contribution in [1.29, 1.82) is 0 Å². The lowest BCUT2D eigenvalue weighted by Crippen LogP contribution is -2.66. The van der Waals surface area contributed by atoms with E-state index in [0.717, 1.165) is 29.5 Å². The minimum atomic E-state index is 0.321. The Morgan fingerprint density at radius 1 is 0.895 bits per heavy atom. The molecule has 3 nitrogen and oxygen atoms in total. The summed E-state index contributed by atoms with van der Waals surface area (Å²) in [5, 5.41) is 3.98. The molecule has 4 aliphatic carbocycles.